The minimum absolute atomic E-state index is 0.369. The normalized spacial score (nSPS) is 19.4. The molecule has 0 bridgehead atoms. The van der Waals surface area contributed by atoms with Crippen LogP contribution in [0.2, 0.25) is 0 Å². The molecule has 1 fully saturated rings. The monoisotopic (exact) mass is 251 g/mol. The number of anilines is 1. The molecule has 0 unspecified atom stereocenters. The summed E-state index contributed by atoms with van der Waals surface area (Å²) in [5.41, 5.74) is 2.28. The lowest BCUT2D eigenvalue weighted by molar-refractivity contribution is 0.199. The Labute approximate surface area is 108 Å². The molecule has 1 atom stereocenters. The second kappa shape index (κ2) is 5.78. The van der Waals surface area contributed by atoms with Crippen molar-refractivity contribution in [2.45, 2.75) is 31.1 Å². The Kier molecular flexibility index (Phi) is 4.35. The van der Waals surface area contributed by atoms with Gasteiger partial charge >= 0.3 is 0 Å². The minimum atomic E-state index is -0.369. The second-order valence-corrected chi connectivity index (χ2v) is 5.83. The van der Waals surface area contributed by atoms with Gasteiger partial charge in [0.2, 0.25) is 0 Å². The lowest BCUT2D eigenvalue weighted by Crippen LogP contribution is -2.34. The van der Waals surface area contributed by atoms with Gasteiger partial charge in [-0.1, -0.05) is 12.1 Å². The van der Waals surface area contributed by atoms with E-state index < -0.39 is 0 Å². The molecule has 1 N–H and O–H groups in total. The lowest BCUT2D eigenvalue weighted by atomic mass is 10.1. The third kappa shape index (κ3) is 3.17. The highest BCUT2D eigenvalue weighted by Crippen LogP contribution is 2.26. The second-order valence-electron chi connectivity index (χ2n) is 4.69. The van der Waals surface area contributed by atoms with Gasteiger partial charge in [-0.25, -0.2) is 0 Å². The maximum atomic E-state index is 9.48. The summed E-state index contributed by atoms with van der Waals surface area (Å²) in [5.74, 6) is 0. The van der Waals surface area contributed by atoms with Gasteiger partial charge in [-0.15, -0.1) is 0 Å². The van der Waals surface area contributed by atoms with Gasteiger partial charge in [-0.3, -0.25) is 0 Å². The number of piperidine rings is 1. The van der Waals surface area contributed by atoms with Crippen LogP contribution in [0.1, 0.15) is 31.4 Å². The zero-order valence-corrected chi connectivity index (χ0v) is 11.4. The number of benzene rings is 1. The fraction of sp³-hybridized carbons (Fsp3) is 0.571. The van der Waals surface area contributed by atoms with Crippen LogP contribution in [-0.2, 0) is 0 Å². The Morgan fingerprint density at radius 3 is 2.29 bits per heavy atom. The molecule has 1 aromatic carbocycles. The number of hydrogen-bond acceptors (Lipinski definition) is 3. The maximum absolute atomic E-state index is 9.48. The highest BCUT2D eigenvalue weighted by Gasteiger charge is 2.18. The van der Waals surface area contributed by atoms with E-state index in [0.717, 1.165) is 23.9 Å². The number of thioether (sulfide) groups is 1. The van der Waals surface area contributed by atoms with E-state index in [-0.39, 0.29) is 6.10 Å². The first-order chi connectivity index (χ1) is 8.20. The molecule has 2 nitrogen and oxygen atoms in total. The van der Waals surface area contributed by atoms with Gasteiger partial charge in [-0.05, 0) is 43.7 Å². The van der Waals surface area contributed by atoms with Crippen LogP contribution in [0.5, 0.6) is 0 Å². The molecular formula is C14H21NOS. The topological polar surface area (TPSA) is 23.5 Å². The smallest absolute Gasteiger partial charge is 0.0761 e. The molecule has 0 radical (unpaired) electrons. The molecule has 0 aliphatic carbocycles. The first-order valence-electron chi connectivity index (χ1n) is 6.26. The first-order valence-corrected chi connectivity index (χ1v) is 7.55. The van der Waals surface area contributed by atoms with Gasteiger partial charge in [0, 0.05) is 24.0 Å². The van der Waals surface area contributed by atoms with E-state index in [0.29, 0.717) is 0 Å². The third-order valence-corrected chi connectivity index (χ3v) is 4.65. The van der Waals surface area contributed by atoms with Gasteiger partial charge in [-0.2, -0.15) is 11.8 Å². The lowest BCUT2D eigenvalue weighted by Gasteiger charge is -2.33. The number of aliphatic hydroxyl groups excluding tert-OH is 1. The van der Waals surface area contributed by atoms with E-state index >= 15 is 0 Å². The van der Waals surface area contributed by atoms with Crippen molar-refractivity contribution in [1.82, 2.24) is 0 Å². The molecule has 0 saturated carbocycles. The molecule has 0 amide bonds. The van der Waals surface area contributed by atoms with Crippen LogP contribution in [0.4, 0.5) is 5.69 Å². The highest BCUT2D eigenvalue weighted by molar-refractivity contribution is 7.99. The Morgan fingerprint density at radius 1 is 1.24 bits per heavy atom. The van der Waals surface area contributed by atoms with Crippen LogP contribution < -0.4 is 4.90 Å². The summed E-state index contributed by atoms with van der Waals surface area (Å²) in [4.78, 5) is 2.44. The number of aliphatic hydroxyl groups is 1. The van der Waals surface area contributed by atoms with E-state index in [9.17, 15) is 5.11 Å². The van der Waals surface area contributed by atoms with E-state index in [4.69, 9.17) is 0 Å². The zero-order valence-electron chi connectivity index (χ0n) is 10.6. The molecule has 94 valence electrons. The standard InChI is InChI=1S/C14H21NOS/c1-11(16)12-3-5-13(6-4-12)15-9-7-14(17-2)8-10-15/h3-6,11,14,16H,7-10H2,1-2H3/t11-/m0/s1. The fourth-order valence-corrected chi connectivity index (χ4v) is 3.00. The Bertz CT molecular complexity index is 342. The summed E-state index contributed by atoms with van der Waals surface area (Å²) >= 11 is 1.99. The van der Waals surface area contributed by atoms with Gasteiger partial charge < -0.3 is 10.0 Å². The quantitative estimate of drug-likeness (QED) is 0.893. The molecule has 2 rings (SSSR count). The van der Waals surface area contributed by atoms with Gasteiger partial charge in [0.15, 0.2) is 0 Å². The van der Waals surface area contributed by atoms with Crippen molar-refractivity contribution >= 4 is 17.4 Å². The van der Waals surface area contributed by atoms with E-state index in [1.165, 1.54) is 18.5 Å². The van der Waals surface area contributed by atoms with Crippen molar-refractivity contribution < 1.29 is 5.11 Å². The predicted octanol–water partition coefficient (Wildman–Crippen LogP) is 3.07. The minimum Gasteiger partial charge on any atom is -0.389 e. The summed E-state index contributed by atoms with van der Waals surface area (Å²) in [7, 11) is 0. The number of hydrogen-bond donors (Lipinski definition) is 1. The SMILES string of the molecule is CSC1CCN(c2ccc([C@H](C)O)cc2)CC1. The molecule has 1 aliphatic rings. The van der Waals surface area contributed by atoms with Crippen LogP contribution in [0.15, 0.2) is 24.3 Å². The molecule has 1 saturated heterocycles. The highest BCUT2D eigenvalue weighted by atomic mass is 32.2. The van der Waals surface area contributed by atoms with E-state index in [2.05, 4.69) is 23.3 Å². The molecular weight excluding hydrogens is 230 g/mol. The van der Waals surface area contributed by atoms with Gasteiger partial charge in [0.05, 0.1) is 6.10 Å². The van der Waals surface area contributed by atoms with Crippen molar-refractivity contribution in [2.24, 2.45) is 0 Å². The van der Waals surface area contributed by atoms with Crippen LogP contribution in [0.25, 0.3) is 0 Å². The molecule has 3 heteroatoms. The average Bonchev–Trinajstić information content (AvgIpc) is 2.39. The summed E-state index contributed by atoms with van der Waals surface area (Å²) in [6.07, 6.45) is 4.39. The number of rotatable bonds is 3. The van der Waals surface area contributed by atoms with E-state index in [1.54, 1.807) is 6.92 Å². The third-order valence-electron chi connectivity index (χ3n) is 3.52. The Hall–Kier alpha value is -0.670. The summed E-state index contributed by atoms with van der Waals surface area (Å²) in [6.45, 7) is 4.11. The Morgan fingerprint density at radius 2 is 1.82 bits per heavy atom. The van der Waals surface area contributed by atoms with Crippen molar-refractivity contribution in [3.8, 4) is 0 Å². The summed E-state index contributed by atoms with van der Waals surface area (Å²) in [6, 6.07) is 8.31. The number of nitrogens with zero attached hydrogens (tertiary/aromatic N) is 1. The molecule has 0 aromatic heterocycles. The van der Waals surface area contributed by atoms with Crippen molar-refractivity contribution in [3.05, 3.63) is 29.8 Å². The zero-order chi connectivity index (χ0) is 12.3. The predicted molar refractivity (Wildman–Crippen MR) is 75.8 cm³/mol. The molecule has 1 heterocycles. The largest absolute Gasteiger partial charge is 0.389 e. The van der Waals surface area contributed by atoms with Crippen molar-refractivity contribution in [3.63, 3.8) is 0 Å². The summed E-state index contributed by atoms with van der Waals surface area (Å²) < 4.78 is 0. The fourth-order valence-electron chi connectivity index (χ4n) is 2.31. The van der Waals surface area contributed by atoms with Crippen molar-refractivity contribution in [1.29, 1.82) is 0 Å². The van der Waals surface area contributed by atoms with Gasteiger partial charge in [0.1, 0.15) is 0 Å². The van der Waals surface area contributed by atoms with E-state index in [1.807, 2.05) is 23.9 Å². The molecule has 1 aliphatic heterocycles. The average molecular weight is 251 g/mol. The maximum Gasteiger partial charge on any atom is 0.0761 e. The molecule has 17 heavy (non-hydrogen) atoms. The summed E-state index contributed by atoms with van der Waals surface area (Å²) in [5, 5.41) is 10.3. The van der Waals surface area contributed by atoms with Crippen LogP contribution >= 0.6 is 11.8 Å². The Balaban J connectivity index is 1.99. The first kappa shape index (κ1) is 12.8. The van der Waals surface area contributed by atoms with Gasteiger partial charge in [0.25, 0.3) is 0 Å². The van der Waals surface area contributed by atoms with Crippen LogP contribution in [-0.4, -0.2) is 29.7 Å². The van der Waals surface area contributed by atoms with Crippen LogP contribution in [0.3, 0.4) is 0 Å². The molecule has 0 spiro atoms. The molecule has 1 aromatic rings. The van der Waals surface area contributed by atoms with Crippen molar-refractivity contribution in [2.75, 3.05) is 24.2 Å². The van der Waals surface area contributed by atoms with Crippen LogP contribution in [0, 0.1) is 0 Å².